The zero-order chi connectivity index (χ0) is 44.5. The first-order valence-corrected chi connectivity index (χ1v) is 18.8. The first kappa shape index (κ1) is 41.8. The number of halogens is 3. The van der Waals surface area contributed by atoms with Gasteiger partial charge in [-0.2, -0.15) is 15.8 Å². The van der Waals surface area contributed by atoms with E-state index in [4.69, 9.17) is 0 Å². The van der Waals surface area contributed by atoms with Crippen LogP contribution >= 0.6 is 0 Å². The summed E-state index contributed by atoms with van der Waals surface area (Å²) >= 11 is 0. The summed E-state index contributed by atoms with van der Waals surface area (Å²) in [5.74, 6) is -5.60. The van der Waals surface area contributed by atoms with Crippen LogP contribution in [0.4, 0.5) is 64.4 Å². The number of amides is 3. The van der Waals surface area contributed by atoms with Gasteiger partial charge in [0.2, 0.25) is 0 Å². The Kier molecular flexibility index (Phi) is 12.4. The number of nitriles is 3. The van der Waals surface area contributed by atoms with E-state index in [1.165, 1.54) is 18.2 Å². The lowest BCUT2D eigenvalue weighted by Crippen LogP contribution is -2.22. The second-order valence-corrected chi connectivity index (χ2v) is 13.5. The second kappa shape index (κ2) is 18.7. The molecule has 0 bridgehead atoms. The number of para-hydroxylation sites is 3. The highest BCUT2D eigenvalue weighted by atomic mass is 19.1. The molecular formula is C48H30F3N9O3. The summed E-state index contributed by atoms with van der Waals surface area (Å²) < 4.78 is 45.0. The molecule has 0 aliphatic heterocycles. The predicted octanol–water partition coefficient (Wildman–Crippen LogP) is 10.7. The first-order chi connectivity index (χ1) is 30.6. The van der Waals surface area contributed by atoms with Gasteiger partial charge in [-0.3, -0.25) is 14.4 Å². The molecule has 15 heteroatoms. The third kappa shape index (κ3) is 9.42. The van der Waals surface area contributed by atoms with Crippen LogP contribution in [0.5, 0.6) is 0 Å². The molecule has 0 aromatic heterocycles. The molecule has 7 rings (SSSR count). The van der Waals surface area contributed by atoms with Gasteiger partial charge in [0.15, 0.2) is 0 Å². The SMILES string of the molecule is N#Cc1ccc(C(=O)Nc2c(Nc3ccccc3)c(NC(=O)c3ccc(C#N)c(F)c3)c(Nc3ccccc3)c(NC(=O)c3ccc(C#N)c(F)c3)c2Nc2ccccc2)cc1F. The molecule has 0 aliphatic carbocycles. The molecule has 0 fully saturated rings. The van der Waals surface area contributed by atoms with Crippen molar-refractivity contribution in [3.05, 3.63) is 196 Å². The number of anilines is 9. The molecule has 0 saturated carbocycles. The number of nitrogens with zero attached hydrogens (tertiary/aromatic N) is 3. The summed E-state index contributed by atoms with van der Waals surface area (Å²) in [4.78, 5) is 42.9. The third-order valence-electron chi connectivity index (χ3n) is 9.40. The molecule has 12 nitrogen and oxygen atoms in total. The highest BCUT2D eigenvalue weighted by Gasteiger charge is 2.30. The molecule has 6 N–H and O–H groups in total. The second-order valence-electron chi connectivity index (χ2n) is 13.5. The Hall–Kier alpha value is -9.39. The Morgan fingerprint density at radius 2 is 0.619 bits per heavy atom. The van der Waals surface area contributed by atoms with Gasteiger partial charge in [-0.25, -0.2) is 13.2 Å². The number of benzene rings is 7. The summed E-state index contributed by atoms with van der Waals surface area (Å²) in [6.45, 7) is 0. The van der Waals surface area contributed by atoms with Gasteiger partial charge in [-0.05, 0) is 91.0 Å². The van der Waals surface area contributed by atoms with Crippen molar-refractivity contribution >= 4 is 68.9 Å². The number of hydrogen-bond acceptors (Lipinski definition) is 9. The molecule has 0 atom stereocenters. The Labute approximate surface area is 357 Å². The first-order valence-electron chi connectivity index (χ1n) is 18.8. The summed E-state index contributed by atoms with van der Waals surface area (Å²) in [5.41, 5.74) is -0.782. The molecule has 7 aromatic carbocycles. The van der Waals surface area contributed by atoms with Crippen LogP contribution in [0.25, 0.3) is 0 Å². The van der Waals surface area contributed by atoms with Crippen molar-refractivity contribution in [1.82, 2.24) is 0 Å². The lowest BCUT2D eigenvalue weighted by atomic mass is 10.0. The highest BCUT2D eigenvalue weighted by Crippen LogP contribution is 2.53. The zero-order valence-electron chi connectivity index (χ0n) is 32.6. The molecule has 0 aliphatic rings. The van der Waals surface area contributed by atoms with Gasteiger partial charge >= 0.3 is 0 Å². The van der Waals surface area contributed by atoms with Gasteiger partial charge in [-0.15, -0.1) is 0 Å². The fourth-order valence-electron chi connectivity index (χ4n) is 6.30. The van der Waals surface area contributed by atoms with Crippen molar-refractivity contribution < 1.29 is 27.6 Å². The van der Waals surface area contributed by atoms with E-state index in [0.717, 1.165) is 36.4 Å². The molecule has 0 radical (unpaired) electrons. The lowest BCUT2D eigenvalue weighted by Gasteiger charge is -2.29. The van der Waals surface area contributed by atoms with Crippen LogP contribution in [0.1, 0.15) is 47.8 Å². The van der Waals surface area contributed by atoms with Crippen LogP contribution in [0, 0.1) is 51.4 Å². The average molecular weight is 838 g/mol. The minimum absolute atomic E-state index is 0.0228. The lowest BCUT2D eigenvalue weighted by molar-refractivity contribution is 0.101. The third-order valence-corrected chi connectivity index (χ3v) is 9.40. The minimum atomic E-state index is -0.969. The highest BCUT2D eigenvalue weighted by molar-refractivity contribution is 6.22. The Bertz CT molecular complexity index is 2690. The summed E-state index contributed by atoms with van der Waals surface area (Å²) in [5, 5.41) is 46.3. The van der Waals surface area contributed by atoms with Crippen LogP contribution in [0.15, 0.2) is 146 Å². The van der Waals surface area contributed by atoms with Crippen LogP contribution in [-0.4, -0.2) is 17.7 Å². The fourth-order valence-corrected chi connectivity index (χ4v) is 6.30. The maximum absolute atomic E-state index is 15.0. The molecular weight excluding hydrogens is 808 g/mol. The monoisotopic (exact) mass is 837 g/mol. The van der Waals surface area contributed by atoms with E-state index in [2.05, 4.69) is 31.9 Å². The summed E-state index contributed by atoms with van der Waals surface area (Å²) in [6.07, 6.45) is 0. The van der Waals surface area contributed by atoms with Crippen LogP contribution < -0.4 is 31.9 Å². The normalized spacial score (nSPS) is 10.3. The number of hydrogen-bond donors (Lipinski definition) is 6. The van der Waals surface area contributed by atoms with E-state index in [-0.39, 0.29) is 67.5 Å². The molecule has 0 heterocycles. The van der Waals surface area contributed by atoms with Gasteiger partial charge in [-0.1, -0.05) is 54.6 Å². The van der Waals surface area contributed by atoms with Crippen LogP contribution in [-0.2, 0) is 0 Å². The predicted molar refractivity (Wildman–Crippen MR) is 233 cm³/mol. The minimum Gasteiger partial charge on any atom is -0.352 e. The van der Waals surface area contributed by atoms with E-state index in [0.29, 0.717) is 17.1 Å². The number of nitrogens with one attached hydrogen (secondary N) is 6. The van der Waals surface area contributed by atoms with Gasteiger partial charge in [0.1, 0.15) is 35.7 Å². The number of carbonyl (C=O) groups excluding carboxylic acids is 3. The Morgan fingerprint density at radius 1 is 0.365 bits per heavy atom. The fraction of sp³-hybridized carbons (Fsp3) is 0. The van der Waals surface area contributed by atoms with Gasteiger partial charge < -0.3 is 31.9 Å². The molecule has 0 saturated heterocycles. The summed E-state index contributed by atoms with van der Waals surface area (Å²) in [7, 11) is 0. The maximum atomic E-state index is 15.0. The molecule has 0 spiro atoms. The van der Waals surface area contributed by atoms with E-state index in [1.54, 1.807) is 109 Å². The van der Waals surface area contributed by atoms with Crippen molar-refractivity contribution in [3.63, 3.8) is 0 Å². The van der Waals surface area contributed by atoms with Gasteiger partial charge in [0.25, 0.3) is 17.7 Å². The summed E-state index contributed by atoms with van der Waals surface area (Å²) in [6, 6.07) is 40.6. The topological polar surface area (TPSA) is 195 Å². The van der Waals surface area contributed by atoms with Crippen molar-refractivity contribution in [1.29, 1.82) is 15.8 Å². The van der Waals surface area contributed by atoms with Crippen molar-refractivity contribution in [2.75, 3.05) is 31.9 Å². The molecule has 0 unspecified atom stereocenters. The molecule has 306 valence electrons. The van der Waals surface area contributed by atoms with Crippen molar-refractivity contribution in [3.8, 4) is 18.2 Å². The van der Waals surface area contributed by atoms with E-state index < -0.39 is 35.2 Å². The van der Waals surface area contributed by atoms with E-state index in [1.807, 2.05) is 0 Å². The van der Waals surface area contributed by atoms with E-state index in [9.17, 15) is 30.2 Å². The van der Waals surface area contributed by atoms with Gasteiger partial charge in [0, 0.05) is 33.8 Å². The van der Waals surface area contributed by atoms with Gasteiger partial charge in [0.05, 0.1) is 50.8 Å². The average Bonchev–Trinajstić information content (AvgIpc) is 3.30. The molecule has 7 aromatic rings. The van der Waals surface area contributed by atoms with Crippen molar-refractivity contribution in [2.24, 2.45) is 0 Å². The Morgan fingerprint density at radius 3 is 0.841 bits per heavy atom. The smallest absolute Gasteiger partial charge is 0.255 e. The van der Waals surface area contributed by atoms with E-state index >= 15 is 13.2 Å². The Balaban J connectivity index is 1.56. The standard InChI is InChI=1S/C48H30F3N9O3/c49-37-22-28(16-19-31(37)25-52)46(61)58-43-40(55-34-10-4-1-5-11-34)44(59-47(62)29-17-20-32(26-53)38(50)23-29)42(57-36-14-8-3-9-15-36)45(41(43)56-35-12-6-2-7-13-35)60-48(63)30-18-21-33(27-54)39(51)24-30/h1-24,55-57H,(H,58,61)(H,59,62)(H,60,63). The maximum Gasteiger partial charge on any atom is 0.255 e. The number of carbonyl (C=O) groups is 3. The van der Waals surface area contributed by atoms with Crippen molar-refractivity contribution in [2.45, 2.75) is 0 Å². The zero-order valence-corrected chi connectivity index (χ0v) is 32.6. The van der Waals surface area contributed by atoms with Crippen LogP contribution in [0.3, 0.4) is 0 Å². The quantitative estimate of drug-likeness (QED) is 0.0694. The molecule has 63 heavy (non-hydrogen) atoms. The largest absolute Gasteiger partial charge is 0.352 e. The number of rotatable bonds is 12. The molecule has 3 amide bonds. The van der Waals surface area contributed by atoms with Crippen LogP contribution in [0.2, 0.25) is 0 Å².